The van der Waals surface area contributed by atoms with E-state index in [1.807, 2.05) is 18.2 Å². The van der Waals surface area contributed by atoms with Crippen molar-refractivity contribution in [3.05, 3.63) is 57.4 Å². The van der Waals surface area contributed by atoms with Crippen LogP contribution in [0.5, 0.6) is 0 Å². The third-order valence-corrected chi connectivity index (χ3v) is 3.57. The summed E-state index contributed by atoms with van der Waals surface area (Å²) in [7, 11) is 0. The van der Waals surface area contributed by atoms with E-state index in [0.29, 0.717) is 0 Å². The van der Waals surface area contributed by atoms with E-state index in [1.54, 1.807) is 13.0 Å². The molecule has 1 amide bonds. The minimum Gasteiger partial charge on any atom is -0.374 e. The van der Waals surface area contributed by atoms with Crippen LogP contribution >= 0.6 is 22.6 Å². The number of halogens is 4. The number of hydrogen-bond donors (Lipinski definition) is 2. The predicted octanol–water partition coefficient (Wildman–Crippen LogP) is 4.15. The predicted molar refractivity (Wildman–Crippen MR) is 87.2 cm³/mol. The molecule has 2 rings (SSSR count). The van der Waals surface area contributed by atoms with Gasteiger partial charge in [0.25, 0.3) is 0 Å². The summed E-state index contributed by atoms with van der Waals surface area (Å²) >= 11 is 2.13. The molecule has 1 unspecified atom stereocenters. The van der Waals surface area contributed by atoms with Gasteiger partial charge in [-0.05, 0) is 59.8 Å². The van der Waals surface area contributed by atoms with Crippen molar-refractivity contribution in [3.63, 3.8) is 0 Å². The summed E-state index contributed by atoms with van der Waals surface area (Å²) in [6, 6.07) is 8.38. The van der Waals surface area contributed by atoms with Gasteiger partial charge >= 0.3 is 0 Å². The summed E-state index contributed by atoms with van der Waals surface area (Å²) in [5, 5.41) is 5.17. The van der Waals surface area contributed by atoms with E-state index in [2.05, 4.69) is 33.2 Å². The third-order valence-electron chi connectivity index (χ3n) is 2.89. The van der Waals surface area contributed by atoms with Crippen molar-refractivity contribution in [2.24, 2.45) is 0 Å². The number of rotatable bonds is 4. The van der Waals surface area contributed by atoms with E-state index in [9.17, 15) is 18.0 Å². The van der Waals surface area contributed by atoms with E-state index in [-0.39, 0.29) is 0 Å². The largest absolute Gasteiger partial charge is 0.374 e. The molecular weight excluding hydrogens is 408 g/mol. The molecule has 0 aliphatic carbocycles. The summed E-state index contributed by atoms with van der Waals surface area (Å²) in [6.45, 7) is 1.58. The van der Waals surface area contributed by atoms with Gasteiger partial charge in [0.2, 0.25) is 5.91 Å². The minimum atomic E-state index is -1.61. The summed E-state index contributed by atoms with van der Waals surface area (Å²) in [6.07, 6.45) is 0. The molecule has 2 aromatic rings. The van der Waals surface area contributed by atoms with E-state index < -0.39 is 35.1 Å². The highest BCUT2D eigenvalue weighted by Gasteiger charge is 2.18. The van der Waals surface area contributed by atoms with Crippen LogP contribution in [-0.4, -0.2) is 11.9 Å². The van der Waals surface area contributed by atoms with E-state index >= 15 is 0 Å². The molecule has 0 spiro atoms. The quantitative estimate of drug-likeness (QED) is 0.577. The van der Waals surface area contributed by atoms with Crippen molar-refractivity contribution >= 4 is 39.9 Å². The molecule has 0 saturated heterocycles. The number of carbonyl (C=O) groups is 1. The lowest BCUT2D eigenvalue weighted by atomic mass is 10.2. The lowest BCUT2D eigenvalue weighted by molar-refractivity contribution is -0.116. The Kier molecular flexibility index (Phi) is 5.28. The van der Waals surface area contributed by atoms with Crippen LogP contribution in [0.15, 0.2) is 36.4 Å². The normalized spacial score (nSPS) is 11.9. The SMILES string of the molecule is CC(Nc1cccc(I)c1)C(=O)Nc1ccc(F)c(F)c1F. The second kappa shape index (κ2) is 6.99. The molecule has 0 radical (unpaired) electrons. The number of amides is 1. The van der Waals surface area contributed by atoms with Gasteiger partial charge in [-0.25, -0.2) is 13.2 Å². The van der Waals surface area contributed by atoms with E-state index in [4.69, 9.17) is 0 Å². The summed E-state index contributed by atoms with van der Waals surface area (Å²) < 4.78 is 40.5. The molecule has 0 fully saturated rings. The van der Waals surface area contributed by atoms with Gasteiger partial charge in [0.1, 0.15) is 6.04 Å². The van der Waals surface area contributed by atoms with Gasteiger partial charge in [0.15, 0.2) is 17.5 Å². The van der Waals surface area contributed by atoms with Gasteiger partial charge in [-0.3, -0.25) is 4.79 Å². The zero-order chi connectivity index (χ0) is 16.3. The fourth-order valence-electron chi connectivity index (χ4n) is 1.76. The lowest BCUT2D eigenvalue weighted by Crippen LogP contribution is -2.32. The molecule has 22 heavy (non-hydrogen) atoms. The van der Waals surface area contributed by atoms with Crippen molar-refractivity contribution < 1.29 is 18.0 Å². The van der Waals surface area contributed by atoms with Crippen molar-refractivity contribution in [2.45, 2.75) is 13.0 Å². The Morgan fingerprint density at radius 1 is 1.14 bits per heavy atom. The minimum absolute atomic E-state index is 0.403. The standard InChI is InChI=1S/C15H12F3IN2O/c1-8(20-10-4-2-3-9(19)7-10)15(22)21-12-6-5-11(16)13(17)14(12)18/h2-8,20H,1H3,(H,21,22). The molecule has 0 aromatic heterocycles. The van der Waals surface area contributed by atoms with Crippen molar-refractivity contribution in [2.75, 3.05) is 10.6 Å². The van der Waals surface area contributed by atoms with E-state index in [1.165, 1.54) is 0 Å². The summed E-state index contributed by atoms with van der Waals surface area (Å²) in [4.78, 5) is 12.0. The first-order valence-corrected chi connectivity index (χ1v) is 7.43. The summed E-state index contributed by atoms with van der Waals surface area (Å²) in [5.74, 6) is -4.91. The highest BCUT2D eigenvalue weighted by Crippen LogP contribution is 2.20. The molecule has 0 heterocycles. The van der Waals surface area contributed by atoms with E-state index in [0.717, 1.165) is 21.4 Å². The second-order valence-corrected chi connectivity index (χ2v) is 5.83. The van der Waals surface area contributed by atoms with Crippen LogP contribution in [-0.2, 0) is 4.79 Å². The Morgan fingerprint density at radius 2 is 1.86 bits per heavy atom. The Morgan fingerprint density at radius 3 is 2.55 bits per heavy atom. The van der Waals surface area contributed by atoms with Gasteiger partial charge in [-0.15, -0.1) is 0 Å². The summed E-state index contributed by atoms with van der Waals surface area (Å²) in [5.41, 5.74) is 0.320. The lowest BCUT2D eigenvalue weighted by Gasteiger charge is -2.16. The van der Waals surface area contributed by atoms with Crippen LogP contribution < -0.4 is 10.6 Å². The zero-order valence-corrected chi connectivity index (χ0v) is 13.6. The highest BCUT2D eigenvalue weighted by molar-refractivity contribution is 14.1. The van der Waals surface area contributed by atoms with Crippen molar-refractivity contribution in [1.29, 1.82) is 0 Å². The van der Waals surface area contributed by atoms with Gasteiger partial charge in [0.05, 0.1) is 5.69 Å². The molecule has 1 atom stereocenters. The van der Waals surface area contributed by atoms with Crippen molar-refractivity contribution in [1.82, 2.24) is 0 Å². The number of carbonyl (C=O) groups excluding carboxylic acids is 1. The Balaban J connectivity index is 2.07. The molecule has 7 heteroatoms. The Hall–Kier alpha value is -1.77. The molecule has 2 N–H and O–H groups in total. The van der Waals surface area contributed by atoms with Crippen LogP contribution in [0, 0.1) is 21.0 Å². The van der Waals surface area contributed by atoms with Crippen LogP contribution in [0.4, 0.5) is 24.5 Å². The maximum Gasteiger partial charge on any atom is 0.246 e. The molecule has 116 valence electrons. The third kappa shape index (κ3) is 3.90. The van der Waals surface area contributed by atoms with Crippen molar-refractivity contribution in [3.8, 4) is 0 Å². The first kappa shape index (κ1) is 16.6. The van der Waals surface area contributed by atoms with Gasteiger partial charge in [-0.2, -0.15) is 0 Å². The Labute approximate surface area is 139 Å². The molecule has 3 nitrogen and oxygen atoms in total. The number of benzene rings is 2. The topological polar surface area (TPSA) is 41.1 Å². The van der Waals surface area contributed by atoms with Crippen LogP contribution in [0.25, 0.3) is 0 Å². The van der Waals surface area contributed by atoms with Gasteiger partial charge in [-0.1, -0.05) is 6.07 Å². The number of anilines is 2. The number of hydrogen-bond acceptors (Lipinski definition) is 2. The molecule has 2 aromatic carbocycles. The molecule has 0 saturated carbocycles. The van der Waals surface area contributed by atoms with Gasteiger partial charge in [0, 0.05) is 9.26 Å². The Bertz CT molecular complexity index is 709. The average Bonchev–Trinajstić information content (AvgIpc) is 2.47. The maximum absolute atomic E-state index is 13.5. The highest BCUT2D eigenvalue weighted by atomic mass is 127. The smallest absolute Gasteiger partial charge is 0.246 e. The second-order valence-electron chi connectivity index (χ2n) is 4.59. The molecular formula is C15H12F3IN2O. The van der Waals surface area contributed by atoms with Crippen LogP contribution in [0.2, 0.25) is 0 Å². The molecule has 0 aliphatic heterocycles. The molecule has 0 bridgehead atoms. The first-order valence-electron chi connectivity index (χ1n) is 6.35. The average molecular weight is 420 g/mol. The monoisotopic (exact) mass is 420 g/mol. The maximum atomic E-state index is 13.5. The zero-order valence-electron chi connectivity index (χ0n) is 11.5. The fraction of sp³-hybridized carbons (Fsp3) is 0.133. The first-order chi connectivity index (χ1) is 10.4. The van der Waals surface area contributed by atoms with Crippen LogP contribution in [0.3, 0.4) is 0 Å². The van der Waals surface area contributed by atoms with Crippen LogP contribution in [0.1, 0.15) is 6.92 Å². The number of nitrogens with one attached hydrogen (secondary N) is 2. The molecule has 0 aliphatic rings. The fourth-order valence-corrected chi connectivity index (χ4v) is 2.30. The van der Waals surface area contributed by atoms with Gasteiger partial charge < -0.3 is 10.6 Å².